The maximum atomic E-state index is 12.2. The molecule has 5 rings (SSSR count). The number of carbonyl (C=O) groups is 1. The highest BCUT2D eigenvalue weighted by atomic mass is 16.5. The van der Waals surface area contributed by atoms with Gasteiger partial charge in [-0.2, -0.15) is 0 Å². The van der Waals surface area contributed by atoms with Crippen LogP contribution in [0.4, 0.5) is 17.2 Å². The zero-order valence-corrected chi connectivity index (χ0v) is 18.4. The third-order valence-electron chi connectivity index (χ3n) is 6.52. The second-order valence-corrected chi connectivity index (χ2v) is 8.51. The van der Waals surface area contributed by atoms with E-state index in [-0.39, 0.29) is 11.8 Å². The first-order chi connectivity index (χ1) is 16.1. The third-order valence-corrected chi connectivity index (χ3v) is 6.52. The molecule has 2 N–H and O–H groups in total. The lowest BCUT2D eigenvalue weighted by atomic mass is 9.84. The number of rotatable bonds is 5. The molecule has 168 valence electrons. The Labute approximate surface area is 193 Å². The second kappa shape index (κ2) is 8.94. The van der Waals surface area contributed by atoms with E-state index in [9.17, 15) is 4.79 Å². The summed E-state index contributed by atoms with van der Waals surface area (Å²) < 4.78 is 5.94. The second-order valence-electron chi connectivity index (χ2n) is 8.51. The van der Waals surface area contributed by atoms with Crippen molar-refractivity contribution in [2.75, 3.05) is 30.3 Å². The average molecular weight is 442 g/mol. The molecule has 1 unspecified atom stereocenters. The van der Waals surface area contributed by atoms with Crippen LogP contribution in [0.5, 0.6) is 11.5 Å². The highest BCUT2D eigenvalue weighted by Crippen LogP contribution is 2.47. The fraction of sp³-hybridized carbons (Fsp3) is 0.269. The fourth-order valence-corrected chi connectivity index (χ4v) is 4.92. The molecule has 0 saturated carbocycles. The summed E-state index contributed by atoms with van der Waals surface area (Å²) in [7, 11) is 0. The summed E-state index contributed by atoms with van der Waals surface area (Å²) in [5.74, 6) is 2.51. The Morgan fingerprint density at radius 1 is 1.06 bits per heavy atom. The summed E-state index contributed by atoms with van der Waals surface area (Å²) in [4.78, 5) is 25.2. The Balaban J connectivity index is 1.40. The van der Waals surface area contributed by atoms with Crippen molar-refractivity contribution in [1.29, 1.82) is 0 Å². The van der Waals surface area contributed by atoms with Crippen LogP contribution in [-0.4, -0.2) is 40.4 Å². The zero-order valence-electron chi connectivity index (χ0n) is 18.4. The number of carbonyl (C=O) groups excluding carboxylic acids is 1. The molecular weight excluding hydrogens is 414 g/mol. The van der Waals surface area contributed by atoms with Crippen LogP contribution in [0.2, 0.25) is 0 Å². The van der Waals surface area contributed by atoms with Crippen molar-refractivity contribution in [3.63, 3.8) is 0 Å². The predicted octanol–water partition coefficient (Wildman–Crippen LogP) is 4.51. The summed E-state index contributed by atoms with van der Waals surface area (Å²) in [6, 6.07) is 17.7. The lowest BCUT2D eigenvalue weighted by Gasteiger charge is -2.35. The van der Waals surface area contributed by atoms with Crippen molar-refractivity contribution in [3.8, 4) is 11.5 Å². The summed E-state index contributed by atoms with van der Waals surface area (Å²) >= 11 is 0. The molecule has 0 aliphatic carbocycles. The molecular formula is C26H27N5O2. The quantitative estimate of drug-likeness (QED) is 0.587. The number of likely N-dealkylation sites (tertiary alicyclic amines) is 1. The van der Waals surface area contributed by atoms with E-state index in [1.54, 1.807) is 0 Å². The normalized spacial score (nSPS) is 19.8. The molecule has 2 aromatic carbocycles. The van der Waals surface area contributed by atoms with Crippen LogP contribution in [0.15, 0.2) is 73.6 Å². The topological polar surface area (TPSA) is 84.6 Å². The predicted molar refractivity (Wildman–Crippen MR) is 129 cm³/mol. The van der Waals surface area contributed by atoms with Crippen LogP contribution in [0.25, 0.3) is 0 Å². The van der Waals surface area contributed by atoms with Crippen LogP contribution in [-0.2, 0) is 4.79 Å². The number of amides is 1. The summed E-state index contributed by atoms with van der Waals surface area (Å²) in [6.07, 6.45) is 4.96. The first kappa shape index (κ1) is 21.0. The van der Waals surface area contributed by atoms with Gasteiger partial charge < -0.3 is 20.3 Å². The molecule has 1 fully saturated rings. The smallest absolute Gasteiger partial charge is 0.245 e. The maximum absolute atomic E-state index is 12.2. The number of nitrogen functional groups attached to an aromatic ring is 1. The van der Waals surface area contributed by atoms with Crippen LogP contribution in [0.3, 0.4) is 0 Å². The summed E-state index contributed by atoms with van der Waals surface area (Å²) in [5, 5.41) is 0. The number of piperidine rings is 1. The van der Waals surface area contributed by atoms with Gasteiger partial charge in [-0.1, -0.05) is 24.8 Å². The van der Waals surface area contributed by atoms with E-state index < -0.39 is 0 Å². The van der Waals surface area contributed by atoms with Crippen molar-refractivity contribution >= 4 is 23.1 Å². The molecule has 3 heterocycles. The number of benzene rings is 2. The van der Waals surface area contributed by atoms with Crippen molar-refractivity contribution in [2.45, 2.75) is 18.8 Å². The number of nitrogens with zero attached hydrogens (tertiary/aromatic N) is 4. The first-order valence-electron chi connectivity index (χ1n) is 11.3. The molecule has 1 amide bonds. The number of aromatic nitrogens is 2. The number of hydrogen-bond acceptors (Lipinski definition) is 6. The molecule has 2 atom stereocenters. The van der Waals surface area contributed by atoms with Crippen LogP contribution >= 0.6 is 0 Å². The molecule has 0 bridgehead atoms. The fourth-order valence-electron chi connectivity index (χ4n) is 4.92. The molecule has 1 saturated heterocycles. The molecule has 2 aliphatic rings. The Hall–Kier alpha value is -3.87. The zero-order chi connectivity index (χ0) is 22.8. The summed E-state index contributed by atoms with van der Waals surface area (Å²) in [6.45, 7) is 5.87. The van der Waals surface area contributed by atoms with E-state index in [0.717, 1.165) is 54.5 Å². The van der Waals surface area contributed by atoms with Gasteiger partial charge in [0.2, 0.25) is 5.91 Å². The number of hydrogen-bond donors (Lipinski definition) is 1. The minimum Gasteiger partial charge on any atom is -0.457 e. The largest absolute Gasteiger partial charge is 0.457 e. The highest BCUT2D eigenvalue weighted by Gasteiger charge is 2.40. The highest BCUT2D eigenvalue weighted by molar-refractivity contribution is 5.87. The first-order valence-corrected chi connectivity index (χ1v) is 11.3. The Bertz CT molecular complexity index is 1150. The van der Waals surface area contributed by atoms with Gasteiger partial charge in [-0.15, -0.1) is 0 Å². The molecule has 33 heavy (non-hydrogen) atoms. The number of fused-ring (bicyclic) bond motifs is 1. The lowest BCUT2D eigenvalue weighted by Crippen LogP contribution is -2.41. The maximum Gasteiger partial charge on any atom is 0.245 e. The molecule has 0 radical (unpaired) electrons. The molecule has 3 aromatic rings. The Morgan fingerprint density at radius 2 is 1.82 bits per heavy atom. The number of nitrogens with two attached hydrogens (primary N) is 1. The van der Waals surface area contributed by atoms with Crippen molar-refractivity contribution in [3.05, 3.63) is 79.3 Å². The van der Waals surface area contributed by atoms with Crippen LogP contribution in [0, 0.1) is 5.92 Å². The Kier molecular flexibility index (Phi) is 5.69. The lowest BCUT2D eigenvalue weighted by molar-refractivity contribution is -0.127. The van der Waals surface area contributed by atoms with Gasteiger partial charge in [-0.3, -0.25) is 4.79 Å². The summed E-state index contributed by atoms with van der Waals surface area (Å²) in [5.41, 5.74) is 9.17. The molecule has 1 aromatic heterocycles. The monoisotopic (exact) mass is 441 g/mol. The van der Waals surface area contributed by atoms with Gasteiger partial charge in [0.1, 0.15) is 23.5 Å². The van der Waals surface area contributed by atoms with Crippen molar-refractivity contribution in [2.24, 2.45) is 5.92 Å². The molecule has 0 spiro atoms. The van der Waals surface area contributed by atoms with E-state index in [1.807, 2.05) is 59.5 Å². The standard InChI is InChI=1S/C26H27N5O2/c1-2-23(32)30-14-6-7-18(15-30)22-16-31(25-24(22)28-17-29-26(25)27)19-10-12-21(13-11-19)33-20-8-4-3-5-9-20/h2-5,8-13,17-18,22H,1,6-7,14-16H2,(H2,27,28,29)/t18-,22?/m1/s1. The number of para-hydroxylation sites is 1. The average Bonchev–Trinajstić information content (AvgIpc) is 3.26. The van der Waals surface area contributed by atoms with Gasteiger partial charge in [-0.05, 0) is 61.2 Å². The van der Waals surface area contributed by atoms with Gasteiger partial charge in [0.15, 0.2) is 5.82 Å². The number of anilines is 3. The Morgan fingerprint density at radius 3 is 2.58 bits per heavy atom. The van der Waals surface area contributed by atoms with E-state index in [2.05, 4.69) is 21.4 Å². The van der Waals surface area contributed by atoms with Gasteiger partial charge >= 0.3 is 0 Å². The molecule has 7 nitrogen and oxygen atoms in total. The van der Waals surface area contributed by atoms with Crippen molar-refractivity contribution in [1.82, 2.24) is 14.9 Å². The van der Waals surface area contributed by atoms with Gasteiger partial charge in [0.05, 0.1) is 5.69 Å². The molecule has 2 aliphatic heterocycles. The van der Waals surface area contributed by atoms with E-state index in [4.69, 9.17) is 10.5 Å². The SMILES string of the molecule is C=CC(=O)N1CCC[C@@H](C2CN(c3ccc(Oc4ccccc4)cc3)c3c(N)ncnc32)C1. The third kappa shape index (κ3) is 4.14. The van der Waals surface area contributed by atoms with Gasteiger partial charge in [-0.25, -0.2) is 9.97 Å². The van der Waals surface area contributed by atoms with E-state index in [0.29, 0.717) is 18.3 Å². The van der Waals surface area contributed by atoms with Crippen molar-refractivity contribution < 1.29 is 9.53 Å². The van der Waals surface area contributed by atoms with Gasteiger partial charge in [0, 0.05) is 31.2 Å². The van der Waals surface area contributed by atoms with Gasteiger partial charge in [0.25, 0.3) is 0 Å². The molecule has 7 heteroatoms. The number of ether oxygens (including phenoxy) is 1. The van der Waals surface area contributed by atoms with E-state index in [1.165, 1.54) is 12.4 Å². The minimum absolute atomic E-state index is 0.00835. The van der Waals surface area contributed by atoms with Crippen LogP contribution < -0.4 is 15.4 Å². The van der Waals surface area contributed by atoms with Crippen LogP contribution in [0.1, 0.15) is 24.5 Å². The minimum atomic E-state index is -0.00835. The van der Waals surface area contributed by atoms with E-state index >= 15 is 0 Å².